The Balaban J connectivity index is 2.07. The summed E-state index contributed by atoms with van der Waals surface area (Å²) >= 11 is 2.09. The van der Waals surface area contributed by atoms with E-state index in [4.69, 9.17) is 0 Å². The molecule has 2 unspecified atom stereocenters. The molecule has 0 saturated carbocycles. The highest BCUT2D eigenvalue weighted by molar-refractivity contribution is 7.99. The Kier molecular flexibility index (Phi) is 4.93. The summed E-state index contributed by atoms with van der Waals surface area (Å²) in [7, 11) is 2.09. The molecule has 0 radical (unpaired) electrons. The second-order valence-electron chi connectivity index (χ2n) is 4.88. The van der Waals surface area contributed by atoms with Gasteiger partial charge in [0.15, 0.2) is 0 Å². The van der Waals surface area contributed by atoms with Crippen molar-refractivity contribution in [3.8, 4) is 0 Å². The van der Waals surface area contributed by atoms with Gasteiger partial charge in [-0.3, -0.25) is 0 Å². The summed E-state index contributed by atoms with van der Waals surface area (Å²) in [4.78, 5) is 0. The van der Waals surface area contributed by atoms with Gasteiger partial charge in [0.05, 0.1) is 0 Å². The smallest absolute Gasteiger partial charge is 0.0354 e. The van der Waals surface area contributed by atoms with Crippen molar-refractivity contribution in [1.82, 2.24) is 5.32 Å². The quantitative estimate of drug-likeness (QED) is 0.855. The fourth-order valence-electron chi connectivity index (χ4n) is 2.67. The van der Waals surface area contributed by atoms with E-state index in [2.05, 4.69) is 55.3 Å². The van der Waals surface area contributed by atoms with Crippen LogP contribution in [-0.4, -0.2) is 18.6 Å². The van der Waals surface area contributed by atoms with E-state index in [1.165, 1.54) is 41.9 Å². The lowest BCUT2D eigenvalue weighted by molar-refractivity contribution is 0.420. The molecule has 17 heavy (non-hydrogen) atoms. The summed E-state index contributed by atoms with van der Waals surface area (Å²) in [5.74, 6) is 3.45. The second-order valence-corrected chi connectivity index (χ2v) is 6.03. The van der Waals surface area contributed by atoms with Crippen molar-refractivity contribution >= 4 is 11.8 Å². The Morgan fingerprint density at radius 3 is 2.65 bits per heavy atom. The van der Waals surface area contributed by atoms with Crippen LogP contribution in [0.4, 0.5) is 0 Å². The molecule has 1 aliphatic heterocycles. The number of hydrogen-bond acceptors (Lipinski definition) is 2. The van der Waals surface area contributed by atoms with Crippen LogP contribution >= 0.6 is 11.8 Å². The van der Waals surface area contributed by atoms with Crippen LogP contribution in [0, 0.1) is 5.92 Å². The van der Waals surface area contributed by atoms with Crippen molar-refractivity contribution in [2.24, 2.45) is 5.92 Å². The Morgan fingerprint density at radius 2 is 2.12 bits per heavy atom. The highest BCUT2D eigenvalue weighted by atomic mass is 32.2. The van der Waals surface area contributed by atoms with Crippen LogP contribution < -0.4 is 5.32 Å². The van der Waals surface area contributed by atoms with Gasteiger partial charge in [-0.05, 0) is 48.4 Å². The normalized spacial score (nSPS) is 21.6. The van der Waals surface area contributed by atoms with Crippen molar-refractivity contribution in [3.05, 3.63) is 35.4 Å². The van der Waals surface area contributed by atoms with Gasteiger partial charge >= 0.3 is 0 Å². The number of rotatable bonds is 5. The lowest BCUT2D eigenvalue weighted by atomic mass is 9.92. The second kappa shape index (κ2) is 6.46. The molecule has 1 heterocycles. The Hall–Kier alpha value is -0.470. The summed E-state index contributed by atoms with van der Waals surface area (Å²) in [6, 6.07) is 9.77. The van der Waals surface area contributed by atoms with Crippen molar-refractivity contribution in [1.29, 1.82) is 0 Å². The zero-order valence-electron chi connectivity index (χ0n) is 10.9. The highest BCUT2D eigenvalue weighted by Gasteiger charge is 2.25. The summed E-state index contributed by atoms with van der Waals surface area (Å²) in [5, 5.41) is 3.50. The first kappa shape index (κ1) is 13.0. The van der Waals surface area contributed by atoms with Crippen LogP contribution in [0.5, 0.6) is 0 Å². The largest absolute Gasteiger partial charge is 0.313 e. The third-order valence-electron chi connectivity index (χ3n) is 3.62. The minimum absolute atomic E-state index is 0.542. The van der Waals surface area contributed by atoms with E-state index < -0.39 is 0 Å². The molecule has 0 bridgehead atoms. The van der Waals surface area contributed by atoms with Crippen molar-refractivity contribution in [2.45, 2.75) is 32.2 Å². The monoisotopic (exact) mass is 249 g/mol. The molecule has 2 atom stereocenters. The topological polar surface area (TPSA) is 12.0 Å². The van der Waals surface area contributed by atoms with E-state index in [1.807, 2.05) is 0 Å². The summed E-state index contributed by atoms with van der Waals surface area (Å²) in [6.45, 7) is 2.24. The van der Waals surface area contributed by atoms with E-state index in [-0.39, 0.29) is 0 Å². The fraction of sp³-hybridized carbons (Fsp3) is 0.600. The molecule has 1 aromatic rings. The van der Waals surface area contributed by atoms with Gasteiger partial charge in [0.25, 0.3) is 0 Å². The zero-order chi connectivity index (χ0) is 12.1. The first-order valence-corrected chi connectivity index (χ1v) is 7.84. The molecule has 1 nitrogen and oxygen atoms in total. The SMILES string of the molecule is CCCc1ccc(C(NC)C2CCSC2)cc1. The van der Waals surface area contributed by atoms with E-state index in [9.17, 15) is 0 Å². The number of aryl methyl sites for hydroxylation is 1. The average Bonchev–Trinajstić information content (AvgIpc) is 2.86. The molecular formula is C15H23NS. The molecule has 2 heteroatoms. The van der Waals surface area contributed by atoms with Crippen molar-refractivity contribution in [3.63, 3.8) is 0 Å². The van der Waals surface area contributed by atoms with Gasteiger partial charge in [-0.25, -0.2) is 0 Å². The molecule has 94 valence electrons. The molecule has 1 aromatic carbocycles. The summed E-state index contributed by atoms with van der Waals surface area (Å²) < 4.78 is 0. The molecule has 0 amide bonds. The van der Waals surface area contributed by atoms with Gasteiger partial charge in [0.2, 0.25) is 0 Å². The number of hydrogen-bond donors (Lipinski definition) is 1. The van der Waals surface area contributed by atoms with E-state index in [0.717, 1.165) is 5.92 Å². The fourth-order valence-corrected chi connectivity index (χ4v) is 3.97. The predicted molar refractivity (Wildman–Crippen MR) is 77.7 cm³/mol. The van der Waals surface area contributed by atoms with Gasteiger partial charge in [0, 0.05) is 6.04 Å². The molecule has 1 fully saturated rings. The van der Waals surface area contributed by atoms with Crippen LogP contribution in [0.2, 0.25) is 0 Å². The van der Waals surface area contributed by atoms with Gasteiger partial charge in [-0.2, -0.15) is 11.8 Å². The zero-order valence-corrected chi connectivity index (χ0v) is 11.7. The highest BCUT2D eigenvalue weighted by Crippen LogP contribution is 2.34. The van der Waals surface area contributed by atoms with Gasteiger partial charge in [-0.1, -0.05) is 37.6 Å². The van der Waals surface area contributed by atoms with E-state index in [1.54, 1.807) is 0 Å². The van der Waals surface area contributed by atoms with Gasteiger partial charge in [0.1, 0.15) is 0 Å². The first-order chi connectivity index (χ1) is 8.35. The van der Waals surface area contributed by atoms with Gasteiger partial charge in [-0.15, -0.1) is 0 Å². The van der Waals surface area contributed by atoms with Crippen LogP contribution in [0.25, 0.3) is 0 Å². The Bertz CT molecular complexity index is 327. The van der Waals surface area contributed by atoms with Crippen molar-refractivity contribution < 1.29 is 0 Å². The third kappa shape index (κ3) is 3.26. The molecule has 0 aliphatic carbocycles. The summed E-state index contributed by atoms with van der Waals surface area (Å²) in [6.07, 6.45) is 3.78. The minimum atomic E-state index is 0.542. The molecular weight excluding hydrogens is 226 g/mol. The number of nitrogens with one attached hydrogen (secondary N) is 1. The molecule has 1 aliphatic rings. The van der Waals surface area contributed by atoms with E-state index >= 15 is 0 Å². The molecule has 0 spiro atoms. The van der Waals surface area contributed by atoms with Crippen LogP contribution in [0.3, 0.4) is 0 Å². The van der Waals surface area contributed by atoms with E-state index in [0.29, 0.717) is 6.04 Å². The molecule has 2 rings (SSSR count). The molecule has 1 N–H and O–H groups in total. The lowest BCUT2D eigenvalue weighted by Gasteiger charge is -2.23. The number of thioether (sulfide) groups is 1. The Morgan fingerprint density at radius 1 is 1.35 bits per heavy atom. The Labute approximate surface area is 109 Å². The molecule has 1 saturated heterocycles. The maximum absolute atomic E-state index is 3.50. The minimum Gasteiger partial charge on any atom is -0.313 e. The first-order valence-electron chi connectivity index (χ1n) is 6.69. The number of benzene rings is 1. The maximum Gasteiger partial charge on any atom is 0.0354 e. The molecule has 0 aromatic heterocycles. The van der Waals surface area contributed by atoms with Crippen molar-refractivity contribution in [2.75, 3.05) is 18.6 Å². The summed E-state index contributed by atoms with van der Waals surface area (Å²) in [5.41, 5.74) is 2.92. The predicted octanol–water partition coefficient (Wildman–Crippen LogP) is 3.65. The maximum atomic E-state index is 3.50. The van der Waals surface area contributed by atoms with Gasteiger partial charge < -0.3 is 5.32 Å². The average molecular weight is 249 g/mol. The van der Waals surface area contributed by atoms with Crippen LogP contribution in [0.1, 0.15) is 36.9 Å². The van der Waals surface area contributed by atoms with Crippen LogP contribution in [-0.2, 0) is 6.42 Å². The lowest BCUT2D eigenvalue weighted by Crippen LogP contribution is -2.25. The standard InChI is InChI=1S/C15H23NS/c1-3-4-12-5-7-13(8-6-12)15(16-2)14-9-10-17-11-14/h5-8,14-16H,3-4,9-11H2,1-2H3. The third-order valence-corrected chi connectivity index (χ3v) is 4.81. The van der Waals surface area contributed by atoms with Crippen LogP contribution in [0.15, 0.2) is 24.3 Å².